The predicted molar refractivity (Wildman–Crippen MR) is 95.4 cm³/mol. The van der Waals surface area contributed by atoms with Crippen molar-refractivity contribution in [3.63, 3.8) is 0 Å². The summed E-state index contributed by atoms with van der Waals surface area (Å²) in [7, 11) is 4.97. The molecule has 0 aliphatic carbocycles. The zero-order valence-electron chi connectivity index (χ0n) is 15.1. The highest BCUT2D eigenvalue weighted by atomic mass is 35.5. The van der Waals surface area contributed by atoms with Crippen LogP contribution in [0.15, 0.2) is 12.1 Å². The molecule has 0 heterocycles. The minimum Gasteiger partial charge on any atom is -0.493 e. The zero-order valence-corrected chi connectivity index (χ0v) is 15.9. The van der Waals surface area contributed by atoms with Crippen molar-refractivity contribution in [2.45, 2.75) is 40.3 Å². The number of methoxy groups -OCH3 is 2. The normalized spacial score (nSPS) is 12.2. The van der Waals surface area contributed by atoms with Crippen molar-refractivity contribution in [3.8, 4) is 11.5 Å². The molecule has 5 nitrogen and oxygen atoms in total. The molecule has 0 aliphatic rings. The van der Waals surface area contributed by atoms with Crippen molar-refractivity contribution < 1.29 is 14.3 Å². The third-order valence-corrected chi connectivity index (χ3v) is 3.82. The van der Waals surface area contributed by atoms with Crippen LogP contribution in [-0.4, -0.2) is 38.1 Å². The Balaban J connectivity index is 0.00000484. The number of rotatable bonds is 5. The number of nitrogens with zero attached hydrogens (tertiary/aromatic N) is 1. The standard InChI is InChI=1S/C17H28N2O3.ClH/c1-11-8-13(21-6)14(22-7)9-12(11)10-19(5)16(20)15(18)17(2,3)4;/h8-9,15H,10,18H2,1-7H3;1H/t15-;/m1./s1. The van der Waals surface area contributed by atoms with Gasteiger partial charge in [0.15, 0.2) is 11.5 Å². The van der Waals surface area contributed by atoms with E-state index in [0.29, 0.717) is 18.0 Å². The van der Waals surface area contributed by atoms with Gasteiger partial charge in [-0.1, -0.05) is 20.8 Å². The lowest BCUT2D eigenvalue weighted by Gasteiger charge is -2.30. The molecule has 1 aromatic rings. The van der Waals surface area contributed by atoms with Crippen molar-refractivity contribution in [2.24, 2.45) is 11.1 Å². The van der Waals surface area contributed by atoms with Crippen molar-refractivity contribution in [1.82, 2.24) is 4.90 Å². The van der Waals surface area contributed by atoms with Gasteiger partial charge in [-0.15, -0.1) is 12.4 Å². The van der Waals surface area contributed by atoms with Gasteiger partial charge >= 0.3 is 0 Å². The number of carbonyl (C=O) groups excluding carboxylic acids is 1. The van der Waals surface area contributed by atoms with Crippen LogP contribution >= 0.6 is 12.4 Å². The second-order valence-electron chi connectivity index (χ2n) is 6.67. The summed E-state index contributed by atoms with van der Waals surface area (Å²) in [6, 6.07) is 3.29. The predicted octanol–water partition coefficient (Wildman–Crippen LogP) is 2.77. The minimum absolute atomic E-state index is 0. The fraction of sp³-hybridized carbons (Fsp3) is 0.588. The molecule has 0 bridgehead atoms. The first-order chi connectivity index (χ1) is 10.1. The quantitative estimate of drug-likeness (QED) is 0.892. The Kier molecular flexibility index (Phi) is 7.87. The molecule has 0 spiro atoms. The second-order valence-corrected chi connectivity index (χ2v) is 6.67. The van der Waals surface area contributed by atoms with Crippen LogP contribution in [0.5, 0.6) is 11.5 Å². The molecule has 2 N–H and O–H groups in total. The van der Waals surface area contributed by atoms with E-state index in [2.05, 4.69) is 0 Å². The van der Waals surface area contributed by atoms with Crippen LogP contribution in [0.4, 0.5) is 0 Å². The number of benzene rings is 1. The minimum atomic E-state index is -0.530. The first-order valence-electron chi connectivity index (χ1n) is 7.33. The highest BCUT2D eigenvalue weighted by Crippen LogP contribution is 2.31. The number of ether oxygens (including phenoxy) is 2. The third kappa shape index (κ3) is 5.29. The topological polar surface area (TPSA) is 64.8 Å². The van der Waals surface area contributed by atoms with Gasteiger partial charge in [0.05, 0.1) is 20.3 Å². The largest absolute Gasteiger partial charge is 0.493 e. The van der Waals surface area contributed by atoms with Crippen LogP contribution in [0.2, 0.25) is 0 Å². The highest BCUT2D eigenvalue weighted by Gasteiger charge is 2.29. The van der Waals surface area contributed by atoms with Gasteiger partial charge in [-0.05, 0) is 35.6 Å². The van der Waals surface area contributed by atoms with E-state index in [1.54, 1.807) is 26.2 Å². The summed E-state index contributed by atoms with van der Waals surface area (Å²) in [6.45, 7) is 8.36. The lowest BCUT2D eigenvalue weighted by atomic mass is 9.86. The maximum absolute atomic E-state index is 12.4. The Morgan fingerprint density at radius 3 is 2.13 bits per heavy atom. The molecule has 1 aromatic carbocycles. The van der Waals surface area contributed by atoms with Crippen molar-refractivity contribution >= 4 is 18.3 Å². The highest BCUT2D eigenvalue weighted by molar-refractivity contribution is 5.85. The summed E-state index contributed by atoms with van der Waals surface area (Å²) in [6.07, 6.45) is 0. The first kappa shape index (κ1) is 21.5. The summed E-state index contributed by atoms with van der Waals surface area (Å²) >= 11 is 0. The summed E-state index contributed by atoms with van der Waals surface area (Å²) in [4.78, 5) is 14.1. The van der Waals surface area contributed by atoms with E-state index in [9.17, 15) is 4.79 Å². The SMILES string of the molecule is COc1cc(C)c(CN(C)C(=O)[C@@H](N)C(C)(C)C)cc1OC.Cl. The Labute approximate surface area is 145 Å². The third-order valence-electron chi connectivity index (χ3n) is 3.82. The Bertz CT molecular complexity index is 541. The van der Waals surface area contributed by atoms with Crippen LogP contribution in [0.25, 0.3) is 0 Å². The molecule has 132 valence electrons. The first-order valence-corrected chi connectivity index (χ1v) is 7.33. The molecule has 0 unspecified atom stereocenters. The van der Waals surface area contributed by atoms with Crippen LogP contribution in [-0.2, 0) is 11.3 Å². The Morgan fingerprint density at radius 1 is 1.22 bits per heavy atom. The number of carbonyl (C=O) groups is 1. The summed E-state index contributed by atoms with van der Waals surface area (Å²) in [5.41, 5.74) is 7.84. The average molecular weight is 345 g/mol. The number of hydrogen-bond donors (Lipinski definition) is 1. The van der Waals surface area contributed by atoms with Crippen LogP contribution in [0.1, 0.15) is 31.9 Å². The summed E-state index contributed by atoms with van der Waals surface area (Å²) in [5, 5.41) is 0. The van der Waals surface area contributed by atoms with Gasteiger partial charge < -0.3 is 20.1 Å². The van der Waals surface area contributed by atoms with E-state index >= 15 is 0 Å². The smallest absolute Gasteiger partial charge is 0.240 e. The van der Waals surface area contributed by atoms with Gasteiger partial charge in [-0.3, -0.25) is 4.79 Å². The van der Waals surface area contributed by atoms with Gasteiger partial charge in [0, 0.05) is 13.6 Å². The lowest BCUT2D eigenvalue weighted by Crippen LogP contribution is -2.48. The number of likely N-dealkylation sites (N-methyl/N-ethyl adjacent to an activating group) is 1. The number of hydrogen-bond acceptors (Lipinski definition) is 4. The molecular weight excluding hydrogens is 316 g/mol. The molecule has 0 saturated carbocycles. The molecule has 0 fully saturated rings. The molecule has 0 aliphatic heterocycles. The molecule has 0 radical (unpaired) electrons. The van der Waals surface area contributed by atoms with E-state index in [1.165, 1.54) is 0 Å². The lowest BCUT2D eigenvalue weighted by molar-refractivity contribution is -0.134. The van der Waals surface area contributed by atoms with E-state index in [4.69, 9.17) is 15.2 Å². The fourth-order valence-electron chi connectivity index (χ4n) is 2.13. The summed E-state index contributed by atoms with van der Waals surface area (Å²) < 4.78 is 10.6. The molecule has 1 amide bonds. The fourth-order valence-corrected chi connectivity index (χ4v) is 2.13. The van der Waals surface area contributed by atoms with Crippen molar-refractivity contribution in [2.75, 3.05) is 21.3 Å². The van der Waals surface area contributed by atoms with Gasteiger partial charge in [-0.25, -0.2) is 0 Å². The van der Waals surface area contributed by atoms with Crippen molar-refractivity contribution in [3.05, 3.63) is 23.3 Å². The second kappa shape index (κ2) is 8.41. The number of nitrogens with two attached hydrogens (primary N) is 1. The van der Waals surface area contributed by atoms with Crippen LogP contribution in [0, 0.1) is 12.3 Å². The van der Waals surface area contributed by atoms with Gasteiger partial charge in [0.25, 0.3) is 0 Å². The van der Waals surface area contributed by atoms with E-state index in [-0.39, 0.29) is 23.7 Å². The number of aryl methyl sites for hydroxylation is 1. The zero-order chi connectivity index (χ0) is 17.1. The molecule has 23 heavy (non-hydrogen) atoms. The van der Waals surface area contributed by atoms with E-state index < -0.39 is 6.04 Å². The molecule has 1 rings (SSSR count). The van der Waals surface area contributed by atoms with E-state index in [1.807, 2.05) is 39.8 Å². The molecule has 1 atom stereocenters. The number of halogens is 1. The monoisotopic (exact) mass is 344 g/mol. The van der Waals surface area contributed by atoms with Crippen molar-refractivity contribution in [1.29, 1.82) is 0 Å². The Hall–Kier alpha value is -1.46. The summed E-state index contributed by atoms with van der Waals surface area (Å²) in [5.74, 6) is 1.27. The van der Waals surface area contributed by atoms with Crippen LogP contribution in [0.3, 0.4) is 0 Å². The van der Waals surface area contributed by atoms with Gasteiger partial charge in [0.2, 0.25) is 5.91 Å². The van der Waals surface area contributed by atoms with Crippen LogP contribution < -0.4 is 15.2 Å². The van der Waals surface area contributed by atoms with E-state index in [0.717, 1.165) is 11.1 Å². The Morgan fingerprint density at radius 2 is 1.70 bits per heavy atom. The maximum Gasteiger partial charge on any atom is 0.240 e. The molecular formula is C17H29ClN2O3. The average Bonchev–Trinajstić information content (AvgIpc) is 2.46. The number of amides is 1. The maximum atomic E-state index is 12.4. The van der Waals surface area contributed by atoms with Gasteiger partial charge in [-0.2, -0.15) is 0 Å². The molecule has 0 saturated heterocycles. The molecule has 0 aromatic heterocycles. The molecule has 6 heteroatoms. The van der Waals surface area contributed by atoms with Gasteiger partial charge in [0.1, 0.15) is 0 Å².